The lowest BCUT2D eigenvalue weighted by molar-refractivity contribution is -0.116. The third-order valence-electron chi connectivity index (χ3n) is 5.53. The van der Waals surface area contributed by atoms with Gasteiger partial charge in [-0.1, -0.05) is 35.9 Å². The molecular weight excluding hydrogens is 388 g/mol. The minimum Gasteiger partial charge on any atom is -0.372 e. The number of nitrogens with one attached hydrogen (secondary N) is 2. The van der Waals surface area contributed by atoms with Gasteiger partial charge in [-0.2, -0.15) is 11.3 Å². The summed E-state index contributed by atoms with van der Waals surface area (Å²) in [5.41, 5.74) is 6.20. The van der Waals surface area contributed by atoms with Crippen LogP contribution in [-0.2, 0) is 4.79 Å². The van der Waals surface area contributed by atoms with E-state index in [2.05, 4.69) is 39.6 Å². The SMILES string of the molecule is O=C1C[C@H](c2ccc(Cl)cc2)CC2=C1[C@H](c1ccsc1)Nc1ccccc1N2. The van der Waals surface area contributed by atoms with Crippen molar-refractivity contribution in [3.8, 4) is 0 Å². The van der Waals surface area contributed by atoms with Gasteiger partial charge in [0.15, 0.2) is 5.78 Å². The summed E-state index contributed by atoms with van der Waals surface area (Å²) < 4.78 is 0. The third-order valence-corrected chi connectivity index (χ3v) is 6.48. The van der Waals surface area contributed by atoms with Crippen LogP contribution < -0.4 is 10.6 Å². The lowest BCUT2D eigenvalue weighted by Crippen LogP contribution is -2.26. The number of anilines is 2. The number of rotatable bonds is 2. The number of halogens is 1. The summed E-state index contributed by atoms with van der Waals surface area (Å²) in [6.07, 6.45) is 1.32. The maximum Gasteiger partial charge on any atom is 0.163 e. The normalized spacial score (nSPS) is 21.2. The number of hydrogen-bond acceptors (Lipinski definition) is 4. The number of benzene rings is 2. The van der Waals surface area contributed by atoms with Gasteiger partial charge in [-0.25, -0.2) is 0 Å². The van der Waals surface area contributed by atoms with Crippen molar-refractivity contribution in [2.75, 3.05) is 10.6 Å². The summed E-state index contributed by atoms with van der Waals surface area (Å²) in [4.78, 5) is 13.3. The Bertz CT molecular complexity index is 1060. The smallest absolute Gasteiger partial charge is 0.163 e. The highest BCUT2D eigenvalue weighted by atomic mass is 35.5. The van der Waals surface area contributed by atoms with Gasteiger partial charge in [-0.05, 0) is 64.6 Å². The molecule has 1 aliphatic heterocycles. The Balaban J connectivity index is 1.59. The van der Waals surface area contributed by atoms with Gasteiger partial charge in [0.2, 0.25) is 0 Å². The minimum absolute atomic E-state index is 0.129. The number of para-hydroxylation sites is 2. The number of hydrogen-bond donors (Lipinski definition) is 2. The van der Waals surface area contributed by atoms with Crippen LogP contribution in [0.15, 0.2) is 76.6 Å². The zero-order chi connectivity index (χ0) is 19.1. The molecule has 0 bridgehead atoms. The van der Waals surface area contributed by atoms with Gasteiger partial charge in [-0.3, -0.25) is 4.79 Å². The Morgan fingerprint density at radius 2 is 1.71 bits per heavy atom. The van der Waals surface area contributed by atoms with Crippen LogP contribution in [0, 0.1) is 0 Å². The van der Waals surface area contributed by atoms with Gasteiger partial charge in [0.05, 0.1) is 17.4 Å². The quantitative estimate of drug-likeness (QED) is 0.518. The van der Waals surface area contributed by atoms with Crippen molar-refractivity contribution in [1.29, 1.82) is 0 Å². The standard InChI is InChI=1S/C23H19ClN2OS/c24-17-7-5-14(6-8-17)16-11-20-22(21(27)12-16)23(15-9-10-28-13-15)26-19-4-2-1-3-18(19)25-20/h1-10,13,16,23,25-26H,11-12H2/t16-,23+/m1/s1. The Hall–Kier alpha value is -2.56. The number of ketones is 1. The molecule has 2 atom stereocenters. The van der Waals surface area contributed by atoms with Crippen LogP contribution in [0.2, 0.25) is 5.02 Å². The van der Waals surface area contributed by atoms with E-state index in [0.717, 1.165) is 40.2 Å². The largest absolute Gasteiger partial charge is 0.372 e. The molecule has 0 fully saturated rings. The summed E-state index contributed by atoms with van der Waals surface area (Å²) >= 11 is 7.70. The van der Waals surface area contributed by atoms with Crippen LogP contribution in [0.5, 0.6) is 0 Å². The molecule has 5 heteroatoms. The Morgan fingerprint density at radius 1 is 0.929 bits per heavy atom. The van der Waals surface area contributed by atoms with Crippen LogP contribution in [-0.4, -0.2) is 5.78 Å². The van der Waals surface area contributed by atoms with E-state index in [-0.39, 0.29) is 17.7 Å². The van der Waals surface area contributed by atoms with Crippen LogP contribution in [0.25, 0.3) is 0 Å². The zero-order valence-corrected chi connectivity index (χ0v) is 16.7. The summed E-state index contributed by atoms with van der Waals surface area (Å²) in [7, 11) is 0. The number of thiophene rings is 1. The predicted octanol–water partition coefficient (Wildman–Crippen LogP) is 6.38. The first-order valence-electron chi connectivity index (χ1n) is 9.35. The van der Waals surface area contributed by atoms with Crippen molar-refractivity contribution >= 4 is 40.1 Å². The molecule has 28 heavy (non-hydrogen) atoms. The van der Waals surface area contributed by atoms with Crippen LogP contribution in [0.4, 0.5) is 11.4 Å². The summed E-state index contributed by atoms with van der Waals surface area (Å²) in [5, 5.41) is 12.1. The van der Waals surface area contributed by atoms with Crippen molar-refractivity contribution in [3.63, 3.8) is 0 Å². The van der Waals surface area contributed by atoms with Crippen LogP contribution in [0.3, 0.4) is 0 Å². The van der Waals surface area contributed by atoms with E-state index in [1.54, 1.807) is 11.3 Å². The van der Waals surface area contributed by atoms with Crippen LogP contribution >= 0.6 is 22.9 Å². The molecule has 0 radical (unpaired) electrons. The van der Waals surface area contributed by atoms with Gasteiger partial charge >= 0.3 is 0 Å². The van der Waals surface area contributed by atoms with Crippen molar-refractivity contribution in [1.82, 2.24) is 0 Å². The monoisotopic (exact) mass is 406 g/mol. The summed E-state index contributed by atoms with van der Waals surface area (Å²) in [6, 6.07) is 18.0. The van der Waals surface area contributed by atoms with E-state index in [9.17, 15) is 4.79 Å². The minimum atomic E-state index is -0.129. The molecule has 1 aromatic heterocycles. The van der Waals surface area contributed by atoms with Crippen molar-refractivity contribution in [2.24, 2.45) is 0 Å². The van der Waals surface area contributed by atoms with E-state index in [1.807, 2.05) is 36.4 Å². The lowest BCUT2D eigenvalue weighted by atomic mass is 9.79. The maximum atomic E-state index is 13.3. The Kier molecular flexibility index (Phi) is 4.46. The van der Waals surface area contributed by atoms with E-state index >= 15 is 0 Å². The van der Waals surface area contributed by atoms with Crippen molar-refractivity contribution < 1.29 is 4.79 Å². The Labute approximate surface area is 173 Å². The fourth-order valence-electron chi connectivity index (χ4n) is 4.15. The first-order chi connectivity index (χ1) is 13.7. The van der Waals surface area contributed by atoms with Crippen molar-refractivity contribution in [3.05, 3.63) is 92.8 Å². The molecule has 3 nitrogen and oxygen atoms in total. The van der Waals surface area contributed by atoms with E-state index < -0.39 is 0 Å². The van der Waals surface area contributed by atoms with Crippen LogP contribution in [0.1, 0.15) is 35.9 Å². The molecule has 2 heterocycles. The molecule has 5 rings (SSSR count). The van der Waals surface area contributed by atoms with E-state index in [1.165, 1.54) is 0 Å². The molecule has 140 valence electrons. The first kappa shape index (κ1) is 17.5. The molecule has 2 aromatic carbocycles. The highest BCUT2D eigenvalue weighted by Crippen LogP contribution is 2.44. The van der Waals surface area contributed by atoms with Gasteiger partial charge < -0.3 is 10.6 Å². The van der Waals surface area contributed by atoms with E-state index in [4.69, 9.17) is 11.6 Å². The predicted molar refractivity (Wildman–Crippen MR) is 116 cm³/mol. The average Bonchev–Trinajstić information content (AvgIpc) is 3.17. The third kappa shape index (κ3) is 3.13. The highest BCUT2D eigenvalue weighted by Gasteiger charge is 2.36. The fourth-order valence-corrected chi connectivity index (χ4v) is 4.96. The maximum absolute atomic E-state index is 13.3. The molecule has 0 unspecified atom stereocenters. The molecule has 0 amide bonds. The topological polar surface area (TPSA) is 41.1 Å². The first-order valence-corrected chi connectivity index (χ1v) is 10.7. The number of allylic oxidation sites excluding steroid dienone is 1. The number of carbonyl (C=O) groups is 1. The van der Waals surface area contributed by atoms with Gasteiger partial charge in [0, 0.05) is 22.7 Å². The molecule has 3 aromatic rings. The summed E-state index contributed by atoms with van der Waals surface area (Å²) in [5.74, 6) is 0.356. The molecule has 2 N–H and O–H groups in total. The van der Waals surface area contributed by atoms with Gasteiger partial charge in [-0.15, -0.1) is 0 Å². The van der Waals surface area contributed by atoms with Gasteiger partial charge in [0.1, 0.15) is 0 Å². The second-order valence-electron chi connectivity index (χ2n) is 7.28. The average molecular weight is 407 g/mol. The van der Waals surface area contributed by atoms with E-state index in [0.29, 0.717) is 11.4 Å². The molecule has 2 aliphatic rings. The lowest BCUT2D eigenvalue weighted by Gasteiger charge is -2.29. The molecule has 0 saturated heterocycles. The molecule has 0 spiro atoms. The molecule has 0 saturated carbocycles. The second kappa shape index (κ2) is 7.12. The zero-order valence-electron chi connectivity index (χ0n) is 15.1. The number of carbonyl (C=O) groups excluding carboxylic acids is 1. The Morgan fingerprint density at radius 3 is 2.46 bits per heavy atom. The number of Topliss-reactive ketones (excluding diaryl/α,β-unsaturated/α-hetero) is 1. The van der Waals surface area contributed by atoms with Gasteiger partial charge in [0.25, 0.3) is 0 Å². The van der Waals surface area contributed by atoms with Crippen molar-refractivity contribution in [2.45, 2.75) is 24.8 Å². The summed E-state index contributed by atoms with van der Waals surface area (Å²) in [6.45, 7) is 0. The molecule has 1 aliphatic carbocycles. The fraction of sp³-hybridized carbons (Fsp3) is 0.174. The second-order valence-corrected chi connectivity index (χ2v) is 8.49. The molecular formula is C23H19ClN2OS. The highest BCUT2D eigenvalue weighted by molar-refractivity contribution is 7.08. The number of fused-ring (bicyclic) bond motifs is 1.